The summed E-state index contributed by atoms with van der Waals surface area (Å²) in [5.74, 6) is -0.163. The third kappa shape index (κ3) is 3.19. The molecule has 0 radical (unpaired) electrons. The lowest BCUT2D eigenvalue weighted by molar-refractivity contribution is -0.150. The van der Waals surface area contributed by atoms with E-state index in [9.17, 15) is 9.59 Å². The van der Waals surface area contributed by atoms with Gasteiger partial charge in [-0.2, -0.15) is 0 Å². The van der Waals surface area contributed by atoms with Crippen molar-refractivity contribution < 1.29 is 14.3 Å². The molecule has 0 unspecified atom stereocenters. The van der Waals surface area contributed by atoms with E-state index >= 15 is 0 Å². The van der Waals surface area contributed by atoms with Gasteiger partial charge in [0.2, 0.25) is 5.91 Å². The summed E-state index contributed by atoms with van der Waals surface area (Å²) >= 11 is 0. The van der Waals surface area contributed by atoms with E-state index in [1.165, 1.54) is 7.11 Å². The van der Waals surface area contributed by atoms with Gasteiger partial charge in [0.1, 0.15) is 0 Å². The molecule has 0 aromatic carbocycles. The highest BCUT2D eigenvalue weighted by atomic mass is 16.5. The van der Waals surface area contributed by atoms with Crippen LogP contribution in [0.3, 0.4) is 0 Å². The van der Waals surface area contributed by atoms with Gasteiger partial charge in [0.05, 0.1) is 18.4 Å². The minimum absolute atomic E-state index is 0.0648. The zero-order valence-corrected chi connectivity index (χ0v) is 10.9. The zero-order chi connectivity index (χ0) is 13.1. The maximum Gasteiger partial charge on any atom is 0.308 e. The van der Waals surface area contributed by atoms with Crippen LogP contribution in [0, 0.1) is 11.3 Å². The number of ether oxygens (including phenoxy) is 1. The molecule has 17 heavy (non-hydrogen) atoms. The maximum absolute atomic E-state index is 12.1. The van der Waals surface area contributed by atoms with Crippen molar-refractivity contribution in [1.29, 1.82) is 0 Å². The number of likely N-dealkylation sites (tertiary alicyclic amines) is 1. The summed E-state index contributed by atoms with van der Waals surface area (Å²) in [7, 11) is 1.40. The molecular weight excluding hydrogens is 220 g/mol. The minimum Gasteiger partial charge on any atom is -0.469 e. The number of rotatable bonds is 3. The average molecular weight is 242 g/mol. The van der Waals surface area contributed by atoms with Crippen molar-refractivity contribution in [1.82, 2.24) is 4.90 Å². The van der Waals surface area contributed by atoms with Crippen molar-refractivity contribution in [3.05, 3.63) is 0 Å². The summed E-state index contributed by atoms with van der Waals surface area (Å²) in [5.41, 5.74) is 5.07. The number of carbonyl (C=O) groups excluding carboxylic acids is 2. The Morgan fingerprint density at radius 3 is 2.29 bits per heavy atom. The summed E-state index contributed by atoms with van der Waals surface area (Å²) in [5, 5.41) is 0. The smallest absolute Gasteiger partial charge is 0.308 e. The first-order valence-corrected chi connectivity index (χ1v) is 5.99. The molecule has 2 N–H and O–H groups in total. The van der Waals surface area contributed by atoms with E-state index in [1.54, 1.807) is 4.90 Å². The standard InChI is InChI=1S/C12H22N2O3/c1-12(2,8-13)11(16)14-6-4-9(5-7-14)10(15)17-3/h9H,4-8,13H2,1-3H3. The van der Waals surface area contributed by atoms with Gasteiger partial charge in [0, 0.05) is 19.6 Å². The van der Waals surface area contributed by atoms with Crippen LogP contribution in [0.25, 0.3) is 0 Å². The Bertz CT molecular complexity index is 294. The highest BCUT2D eigenvalue weighted by Gasteiger charge is 2.34. The maximum atomic E-state index is 12.1. The van der Waals surface area contributed by atoms with Gasteiger partial charge in [0.15, 0.2) is 0 Å². The second kappa shape index (κ2) is 5.49. The fourth-order valence-electron chi connectivity index (χ4n) is 2.00. The predicted octanol–water partition coefficient (Wildman–Crippen LogP) is 0.383. The fraction of sp³-hybridized carbons (Fsp3) is 0.833. The number of piperidine rings is 1. The molecule has 1 rings (SSSR count). The van der Waals surface area contributed by atoms with Crippen LogP contribution in [-0.2, 0) is 14.3 Å². The average Bonchev–Trinajstić information content (AvgIpc) is 2.37. The third-order valence-corrected chi connectivity index (χ3v) is 3.41. The van der Waals surface area contributed by atoms with Gasteiger partial charge < -0.3 is 15.4 Å². The molecule has 0 aliphatic carbocycles. The first-order valence-electron chi connectivity index (χ1n) is 5.99. The van der Waals surface area contributed by atoms with Crippen molar-refractivity contribution in [3.8, 4) is 0 Å². The van der Waals surface area contributed by atoms with Crippen LogP contribution in [0.4, 0.5) is 0 Å². The number of nitrogens with two attached hydrogens (primary N) is 1. The molecule has 5 heteroatoms. The van der Waals surface area contributed by atoms with Crippen molar-refractivity contribution in [3.63, 3.8) is 0 Å². The summed E-state index contributed by atoms with van der Waals surface area (Å²) in [6, 6.07) is 0. The molecule has 1 saturated heterocycles. The van der Waals surface area contributed by atoms with E-state index in [1.807, 2.05) is 13.8 Å². The van der Waals surface area contributed by atoms with E-state index in [4.69, 9.17) is 10.5 Å². The van der Waals surface area contributed by atoms with Crippen molar-refractivity contribution in [2.75, 3.05) is 26.7 Å². The Morgan fingerprint density at radius 2 is 1.88 bits per heavy atom. The van der Waals surface area contributed by atoms with Gasteiger partial charge >= 0.3 is 5.97 Å². The summed E-state index contributed by atoms with van der Waals surface area (Å²) in [6.07, 6.45) is 1.36. The van der Waals surface area contributed by atoms with Gasteiger partial charge in [-0.05, 0) is 26.7 Å². The zero-order valence-electron chi connectivity index (χ0n) is 10.9. The molecule has 0 atom stereocenters. The molecule has 1 amide bonds. The summed E-state index contributed by atoms with van der Waals surface area (Å²) < 4.78 is 4.71. The first-order chi connectivity index (χ1) is 7.92. The number of esters is 1. The SMILES string of the molecule is COC(=O)C1CCN(C(=O)C(C)(C)CN)CC1. The lowest BCUT2D eigenvalue weighted by Crippen LogP contribution is -2.48. The second-order valence-corrected chi connectivity index (χ2v) is 5.18. The molecule has 1 heterocycles. The predicted molar refractivity (Wildman–Crippen MR) is 64.2 cm³/mol. The molecule has 0 spiro atoms. The van der Waals surface area contributed by atoms with Crippen LogP contribution in [-0.4, -0.2) is 43.5 Å². The fourth-order valence-corrected chi connectivity index (χ4v) is 2.00. The number of hydrogen-bond acceptors (Lipinski definition) is 4. The molecule has 1 aliphatic rings. The largest absolute Gasteiger partial charge is 0.469 e. The van der Waals surface area contributed by atoms with Crippen LogP contribution in [0.15, 0.2) is 0 Å². The lowest BCUT2D eigenvalue weighted by atomic mass is 9.89. The summed E-state index contributed by atoms with van der Waals surface area (Å²) in [6.45, 7) is 5.26. The van der Waals surface area contributed by atoms with Crippen LogP contribution in [0.1, 0.15) is 26.7 Å². The lowest BCUT2D eigenvalue weighted by Gasteiger charge is -2.35. The van der Waals surface area contributed by atoms with Crippen molar-refractivity contribution >= 4 is 11.9 Å². The van der Waals surface area contributed by atoms with Gasteiger partial charge in [-0.1, -0.05) is 0 Å². The van der Waals surface area contributed by atoms with Crippen LogP contribution < -0.4 is 5.73 Å². The molecule has 98 valence electrons. The van der Waals surface area contributed by atoms with Crippen LogP contribution in [0.5, 0.6) is 0 Å². The number of hydrogen-bond donors (Lipinski definition) is 1. The molecule has 1 aliphatic heterocycles. The molecular formula is C12H22N2O3. The Balaban J connectivity index is 2.52. The van der Waals surface area contributed by atoms with E-state index in [2.05, 4.69) is 0 Å². The highest BCUT2D eigenvalue weighted by Crippen LogP contribution is 2.23. The van der Waals surface area contributed by atoms with Gasteiger partial charge in [-0.3, -0.25) is 9.59 Å². The molecule has 5 nitrogen and oxygen atoms in total. The van der Waals surface area contributed by atoms with Crippen LogP contribution in [0.2, 0.25) is 0 Å². The Kier molecular flexibility index (Phi) is 4.51. The Labute approximate surface area is 102 Å². The monoisotopic (exact) mass is 242 g/mol. The number of amides is 1. The Hall–Kier alpha value is -1.10. The highest BCUT2D eigenvalue weighted by molar-refractivity contribution is 5.82. The number of nitrogens with zero attached hydrogens (tertiary/aromatic N) is 1. The molecule has 0 aromatic heterocycles. The topological polar surface area (TPSA) is 72.6 Å². The number of methoxy groups -OCH3 is 1. The Morgan fingerprint density at radius 1 is 1.35 bits per heavy atom. The van der Waals surface area contributed by atoms with Gasteiger partial charge in [-0.15, -0.1) is 0 Å². The van der Waals surface area contributed by atoms with E-state index < -0.39 is 5.41 Å². The quantitative estimate of drug-likeness (QED) is 0.726. The normalized spacial score (nSPS) is 18.0. The molecule has 1 fully saturated rings. The molecule has 0 bridgehead atoms. The minimum atomic E-state index is -0.516. The van der Waals surface area contributed by atoms with E-state index in [-0.39, 0.29) is 17.8 Å². The first kappa shape index (κ1) is 14.0. The van der Waals surface area contributed by atoms with E-state index in [0.717, 1.165) is 0 Å². The number of carbonyl (C=O) groups is 2. The summed E-state index contributed by atoms with van der Waals surface area (Å²) in [4.78, 5) is 25.3. The van der Waals surface area contributed by atoms with Gasteiger partial charge in [-0.25, -0.2) is 0 Å². The second-order valence-electron chi connectivity index (χ2n) is 5.18. The molecule has 0 aromatic rings. The molecule has 0 saturated carbocycles. The third-order valence-electron chi connectivity index (χ3n) is 3.41. The van der Waals surface area contributed by atoms with Crippen molar-refractivity contribution in [2.45, 2.75) is 26.7 Å². The van der Waals surface area contributed by atoms with Crippen molar-refractivity contribution in [2.24, 2.45) is 17.1 Å². The van der Waals surface area contributed by atoms with Gasteiger partial charge in [0.25, 0.3) is 0 Å². The van der Waals surface area contributed by atoms with E-state index in [0.29, 0.717) is 32.5 Å². The van der Waals surface area contributed by atoms with Crippen LogP contribution >= 0.6 is 0 Å².